The number of carbonyl (C=O) groups excluding carboxylic acids is 2. The third kappa shape index (κ3) is 3.97. The smallest absolute Gasteiger partial charge is 0.407 e. The van der Waals surface area contributed by atoms with E-state index in [-0.39, 0.29) is 0 Å². The van der Waals surface area contributed by atoms with Crippen molar-refractivity contribution < 1.29 is 14.3 Å². The van der Waals surface area contributed by atoms with Crippen molar-refractivity contribution in [3.8, 4) is 11.1 Å². The number of hydrogen-bond acceptors (Lipinski definition) is 5. The van der Waals surface area contributed by atoms with Crippen LogP contribution in [0.5, 0.6) is 0 Å². The fourth-order valence-electron chi connectivity index (χ4n) is 3.13. The summed E-state index contributed by atoms with van der Waals surface area (Å²) < 4.78 is 4.66. The van der Waals surface area contributed by atoms with Crippen molar-refractivity contribution in [2.75, 3.05) is 12.4 Å². The molecular weight excluding hydrogens is 382 g/mol. The number of methoxy groups -OCH3 is 1. The molecule has 2 heterocycles. The maximum Gasteiger partial charge on any atom is 0.407 e. The number of pyridine rings is 1. The highest BCUT2D eigenvalue weighted by molar-refractivity contribution is 6.03. The first-order chi connectivity index (χ1) is 14.7. The summed E-state index contributed by atoms with van der Waals surface area (Å²) in [6.45, 7) is 0. The van der Waals surface area contributed by atoms with Gasteiger partial charge in [-0.1, -0.05) is 42.5 Å². The summed E-state index contributed by atoms with van der Waals surface area (Å²) in [4.78, 5) is 28.9. The summed E-state index contributed by atoms with van der Waals surface area (Å²) in [5.74, 6) is -0.0693. The third-order valence-electron chi connectivity index (χ3n) is 4.64. The van der Waals surface area contributed by atoms with Crippen LogP contribution < -0.4 is 10.6 Å². The van der Waals surface area contributed by atoms with Crippen molar-refractivity contribution in [1.82, 2.24) is 20.5 Å². The van der Waals surface area contributed by atoms with Crippen molar-refractivity contribution >= 4 is 28.7 Å². The second-order valence-corrected chi connectivity index (χ2v) is 6.54. The number of H-pyrrole nitrogens is 1. The number of fused-ring (bicyclic) bond motifs is 1. The molecule has 0 aliphatic rings. The molecule has 0 saturated carbocycles. The average molecular weight is 401 g/mol. The highest BCUT2D eigenvalue weighted by Crippen LogP contribution is 2.28. The zero-order valence-corrected chi connectivity index (χ0v) is 16.1. The van der Waals surface area contributed by atoms with Gasteiger partial charge in [0, 0.05) is 23.3 Å². The number of anilines is 1. The molecule has 1 atom stereocenters. The second-order valence-electron chi connectivity index (χ2n) is 6.54. The number of carbonyl (C=O) groups is 2. The van der Waals surface area contributed by atoms with Gasteiger partial charge in [0.1, 0.15) is 6.04 Å². The summed E-state index contributed by atoms with van der Waals surface area (Å²) in [5.41, 5.74) is 3.29. The SMILES string of the molecule is COC(=O)N[C@@H](C(=O)Nc1n[nH]c2ccc(-c3cccnc3)cc12)c1ccccc1. The van der Waals surface area contributed by atoms with Crippen LogP contribution in [0.2, 0.25) is 0 Å². The van der Waals surface area contributed by atoms with E-state index in [4.69, 9.17) is 0 Å². The molecule has 4 aromatic rings. The van der Waals surface area contributed by atoms with Crippen molar-refractivity contribution in [3.05, 3.63) is 78.6 Å². The van der Waals surface area contributed by atoms with Crippen molar-refractivity contribution in [2.45, 2.75) is 6.04 Å². The van der Waals surface area contributed by atoms with Gasteiger partial charge >= 0.3 is 6.09 Å². The number of benzene rings is 2. The molecule has 0 aliphatic heterocycles. The number of rotatable bonds is 5. The van der Waals surface area contributed by atoms with Gasteiger partial charge in [-0.25, -0.2) is 4.79 Å². The Labute approximate surface area is 172 Å². The van der Waals surface area contributed by atoms with Gasteiger partial charge < -0.3 is 15.4 Å². The van der Waals surface area contributed by atoms with Gasteiger partial charge in [-0.05, 0) is 29.3 Å². The molecule has 2 aromatic carbocycles. The Morgan fingerprint density at radius 2 is 1.87 bits per heavy atom. The third-order valence-corrected chi connectivity index (χ3v) is 4.64. The molecule has 30 heavy (non-hydrogen) atoms. The predicted octanol–water partition coefficient (Wildman–Crippen LogP) is 3.66. The first-order valence-electron chi connectivity index (χ1n) is 9.24. The lowest BCUT2D eigenvalue weighted by Gasteiger charge is -2.17. The molecule has 8 nitrogen and oxygen atoms in total. The zero-order chi connectivity index (χ0) is 20.9. The largest absolute Gasteiger partial charge is 0.453 e. The normalized spacial score (nSPS) is 11.6. The minimum absolute atomic E-state index is 0.369. The highest BCUT2D eigenvalue weighted by Gasteiger charge is 2.24. The number of nitrogens with one attached hydrogen (secondary N) is 3. The molecule has 150 valence electrons. The molecule has 0 fully saturated rings. The first kappa shape index (κ1) is 19.1. The number of hydrogen-bond donors (Lipinski definition) is 3. The van der Waals surface area contributed by atoms with Crippen molar-refractivity contribution in [3.63, 3.8) is 0 Å². The van der Waals surface area contributed by atoms with E-state index in [0.717, 1.165) is 22.0 Å². The Kier molecular flexibility index (Phi) is 5.38. The molecule has 0 unspecified atom stereocenters. The van der Waals surface area contributed by atoms with Crippen molar-refractivity contribution in [1.29, 1.82) is 0 Å². The first-order valence-corrected chi connectivity index (χ1v) is 9.24. The molecule has 0 saturated heterocycles. The number of ether oxygens (including phenoxy) is 1. The molecule has 2 amide bonds. The number of aromatic nitrogens is 3. The Morgan fingerprint density at radius 3 is 2.60 bits per heavy atom. The van der Waals surface area contributed by atoms with Gasteiger partial charge in [0.15, 0.2) is 5.82 Å². The van der Waals surface area contributed by atoms with Crippen LogP contribution in [0.1, 0.15) is 11.6 Å². The average Bonchev–Trinajstić information content (AvgIpc) is 3.20. The lowest BCUT2D eigenvalue weighted by Crippen LogP contribution is -2.37. The van der Waals surface area contributed by atoms with E-state index in [1.54, 1.807) is 36.7 Å². The Hall–Kier alpha value is -4.20. The summed E-state index contributed by atoms with van der Waals surface area (Å²) in [5, 5.41) is 13.2. The van der Waals surface area contributed by atoms with E-state index in [1.807, 2.05) is 36.4 Å². The summed E-state index contributed by atoms with van der Waals surface area (Å²) in [6, 6.07) is 17.6. The van der Waals surface area contributed by atoms with E-state index in [2.05, 4.69) is 30.6 Å². The molecular formula is C22H19N5O3. The Morgan fingerprint density at radius 1 is 1.03 bits per heavy atom. The van der Waals surface area contributed by atoms with E-state index >= 15 is 0 Å². The molecule has 8 heteroatoms. The van der Waals surface area contributed by atoms with Crippen LogP contribution in [0.15, 0.2) is 73.1 Å². The maximum atomic E-state index is 13.0. The van der Waals surface area contributed by atoms with Gasteiger partial charge in [0.2, 0.25) is 0 Å². The maximum absolute atomic E-state index is 13.0. The van der Waals surface area contributed by atoms with Crippen LogP contribution in [0, 0.1) is 0 Å². The molecule has 0 bridgehead atoms. The lowest BCUT2D eigenvalue weighted by molar-refractivity contribution is -0.118. The van der Waals surface area contributed by atoms with Gasteiger partial charge in [-0.2, -0.15) is 5.10 Å². The Bertz CT molecular complexity index is 1180. The van der Waals surface area contributed by atoms with E-state index in [1.165, 1.54) is 7.11 Å². The molecule has 0 aliphatic carbocycles. The molecule has 2 aromatic heterocycles. The van der Waals surface area contributed by atoms with Gasteiger partial charge in [0.25, 0.3) is 5.91 Å². The topological polar surface area (TPSA) is 109 Å². The summed E-state index contributed by atoms with van der Waals surface area (Å²) >= 11 is 0. The fraction of sp³-hybridized carbons (Fsp3) is 0.0909. The quantitative estimate of drug-likeness (QED) is 0.473. The zero-order valence-electron chi connectivity index (χ0n) is 16.1. The lowest BCUT2D eigenvalue weighted by atomic mass is 10.0. The van der Waals surface area contributed by atoms with Crippen molar-refractivity contribution in [2.24, 2.45) is 0 Å². The van der Waals surface area contributed by atoms with Gasteiger partial charge in [0.05, 0.1) is 12.6 Å². The molecule has 4 rings (SSSR count). The standard InChI is InChI=1S/C22H19N5O3/c1-30-22(29)24-19(14-6-3-2-4-7-14)21(28)25-20-17-12-15(9-10-18(17)26-27-20)16-8-5-11-23-13-16/h2-13,19H,1H3,(H,24,29)(H2,25,26,27,28)/t19-/m1/s1. The number of amides is 2. The van der Waals surface area contributed by atoms with E-state index < -0.39 is 18.0 Å². The molecule has 0 radical (unpaired) electrons. The van der Waals surface area contributed by atoms with Gasteiger partial charge in [-0.3, -0.25) is 14.9 Å². The monoisotopic (exact) mass is 401 g/mol. The number of nitrogens with zero attached hydrogens (tertiary/aromatic N) is 2. The number of aromatic amines is 1. The predicted molar refractivity (Wildman–Crippen MR) is 113 cm³/mol. The minimum Gasteiger partial charge on any atom is -0.453 e. The molecule has 0 spiro atoms. The van der Waals surface area contributed by atoms with Crippen LogP contribution in [-0.4, -0.2) is 34.3 Å². The van der Waals surface area contributed by atoms with Crippen LogP contribution in [0.4, 0.5) is 10.6 Å². The Balaban J connectivity index is 1.64. The summed E-state index contributed by atoms with van der Waals surface area (Å²) in [6.07, 6.45) is 2.78. The second kappa shape index (κ2) is 8.44. The van der Waals surface area contributed by atoms with E-state index in [9.17, 15) is 9.59 Å². The van der Waals surface area contributed by atoms with E-state index in [0.29, 0.717) is 11.4 Å². The van der Waals surface area contributed by atoms with Crippen LogP contribution in [0.3, 0.4) is 0 Å². The van der Waals surface area contributed by atoms with Gasteiger partial charge in [-0.15, -0.1) is 0 Å². The van der Waals surface area contributed by atoms with Crippen LogP contribution in [-0.2, 0) is 9.53 Å². The van der Waals surface area contributed by atoms with Crippen LogP contribution >= 0.6 is 0 Å². The molecule has 3 N–H and O–H groups in total. The fourth-order valence-corrected chi connectivity index (χ4v) is 3.13. The number of alkyl carbamates (subject to hydrolysis) is 1. The highest BCUT2D eigenvalue weighted by atomic mass is 16.5. The summed E-state index contributed by atoms with van der Waals surface area (Å²) in [7, 11) is 1.25. The van der Waals surface area contributed by atoms with Crippen LogP contribution in [0.25, 0.3) is 22.0 Å². The minimum atomic E-state index is -0.938.